The topological polar surface area (TPSA) is 61.4 Å². The van der Waals surface area contributed by atoms with Gasteiger partial charge in [0, 0.05) is 6.92 Å². The van der Waals surface area contributed by atoms with Crippen LogP contribution in [-0.4, -0.2) is 16.0 Å². The standard InChI is InChI=1S/C13H13NO3S/c1-8-9(2)18-7-14(8)6-13(17)11-5-10(15)3-4-12(11)16/h3-5,7H,6H2,1-2H3,(H-,15,16,17)/p+1. The van der Waals surface area contributed by atoms with E-state index in [-0.39, 0.29) is 29.4 Å². The van der Waals surface area contributed by atoms with Crippen LogP contribution in [0, 0.1) is 13.8 Å². The predicted octanol–water partition coefficient (Wildman–Crippen LogP) is 1.95. The fraction of sp³-hybridized carbons (Fsp3) is 0.231. The third-order valence-electron chi connectivity index (χ3n) is 2.89. The van der Waals surface area contributed by atoms with Gasteiger partial charge in [0.2, 0.25) is 17.8 Å². The van der Waals surface area contributed by atoms with Crippen LogP contribution in [0.4, 0.5) is 0 Å². The van der Waals surface area contributed by atoms with E-state index < -0.39 is 0 Å². The minimum absolute atomic E-state index is 0.0284. The highest BCUT2D eigenvalue weighted by Crippen LogP contribution is 2.22. The predicted molar refractivity (Wildman–Crippen MR) is 68.1 cm³/mol. The van der Waals surface area contributed by atoms with Crippen molar-refractivity contribution >= 4 is 17.1 Å². The van der Waals surface area contributed by atoms with Crippen LogP contribution in [0.25, 0.3) is 0 Å². The van der Waals surface area contributed by atoms with Crippen molar-refractivity contribution in [2.75, 3.05) is 0 Å². The summed E-state index contributed by atoms with van der Waals surface area (Å²) in [5.74, 6) is -0.364. The van der Waals surface area contributed by atoms with Gasteiger partial charge >= 0.3 is 0 Å². The molecule has 2 aromatic rings. The van der Waals surface area contributed by atoms with E-state index in [1.807, 2.05) is 23.9 Å². The summed E-state index contributed by atoms with van der Waals surface area (Å²) in [6.07, 6.45) is 0. The van der Waals surface area contributed by atoms with Crippen molar-refractivity contribution in [1.29, 1.82) is 0 Å². The number of hydrogen-bond donors (Lipinski definition) is 2. The van der Waals surface area contributed by atoms with Gasteiger partial charge in [-0.05, 0) is 25.1 Å². The van der Waals surface area contributed by atoms with Crippen LogP contribution >= 0.6 is 11.3 Å². The fourth-order valence-electron chi connectivity index (χ4n) is 1.65. The maximum Gasteiger partial charge on any atom is 0.231 e. The van der Waals surface area contributed by atoms with Crippen LogP contribution in [0.5, 0.6) is 11.5 Å². The van der Waals surface area contributed by atoms with Crippen LogP contribution in [-0.2, 0) is 6.54 Å². The molecule has 0 fully saturated rings. The van der Waals surface area contributed by atoms with Crippen molar-refractivity contribution < 1.29 is 19.6 Å². The molecular formula is C13H14NO3S+. The van der Waals surface area contributed by atoms with Gasteiger partial charge in [-0.3, -0.25) is 4.79 Å². The molecule has 0 unspecified atom stereocenters. The van der Waals surface area contributed by atoms with Gasteiger partial charge in [0.25, 0.3) is 0 Å². The lowest BCUT2D eigenvalue weighted by atomic mass is 10.1. The van der Waals surface area contributed by atoms with Crippen LogP contribution < -0.4 is 4.57 Å². The molecule has 0 saturated carbocycles. The van der Waals surface area contributed by atoms with Gasteiger partial charge in [-0.15, -0.1) is 0 Å². The van der Waals surface area contributed by atoms with Gasteiger partial charge in [0.1, 0.15) is 11.5 Å². The molecule has 0 amide bonds. The van der Waals surface area contributed by atoms with E-state index in [0.29, 0.717) is 0 Å². The highest BCUT2D eigenvalue weighted by atomic mass is 32.1. The Morgan fingerprint density at radius 3 is 2.67 bits per heavy atom. The molecular weight excluding hydrogens is 250 g/mol. The quantitative estimate of drug-likeness (QED) is 0.506. The zero-order valence-corrected chi connectivity index (χ0v) is 11.0. The van der Waals surface area contributed by atoms with Gasteiger partial charge in [0.05, 0.1) is 10.4 Å². The first-order chi connectivity index (χ1) is 8.49. The number of benzene rings is 1. The van der Waals surface area contributed by atoms with E-state index >= 15 is 0 Å². The number of Topliss-reactive ketones (excluding diaryl/α,β-unsaturated/α-hetero) is 1. The summed E-state index contributed by atoms with van der Waals surface area (Å²) in [7, 11) is 0. The molecule has 1 heterocycles. The monoisotopic (exact) mass is 264 g/mol. The minimum Gasteiger partial charge on any atom is -0.508 e. The lowest BCUT2D eigenvalue weighted by Crippen LogP contribution is -2.38. The highest BCUT2D eigenvalue weighted by molar-refractivity contribution is 7.09. The van der Waals surface area contributed by atoms with Crippen LogP contribution in [0.1, 0.15) is 20.9 Å². The van der Waals surface area contributed by atoms with Gasteiger partial charge in [0.15, 0.2) is 5.69 Å². The Morgan fingerprint density at radius 1 is 1.33 bits per heavy atom. The first kappa shape index (κ1) is 12.6. The van der Waals surface area contributed by atoms with E-state index in [4.69, 9.17) is 0 Å². The normalized spacial score (nSPS) is 10.6. The number of thiazole rings is 1. The third kappa shape index (κ3) is 2.36. The van der Waals surface area contributed by atoms with Crippen molar-refractivity contribution in [2.24, 2.45) is 0 Å². The maximum absolute atomic E-state index is 12.1. The lowest BCUT2D eigenvalue weighted by molar-refractivity contribution is -0.684. The van der Waals surface area contributed by atoms with Gasteiger partial charge in [-0.2, -0.15) is 4.57 Å². The van der Waals surface area contributed by atoms with Crippen molar-refractivity contribution in [2.45, 2.75) is 20.4 Å². The molecule has 18 heavy (non-hydrogen) atoms. The number of phenols is 2. The van der Waals surface area contributed by atoms with Crippen molar-refractivity contribution in [3.05, 3.63) is 39.8 Å². The average molecular weight is 264 g/mol. The second-order valence-corrected chi connectivity index (χ2v) is 5.18. The number of aromatic hydroxyl groups is 2. The molecule has 4 nitrogen and oxygen atoms in total. The van der Waals surface area contributed by atoms with Crippen molar-refractivity contribution in [1.82, 2.24) is 0 Å². The largest absolute Gasteiger partial charge is 0.508 e. The summed E-state index contributed by atoms with van der Waals surface area (Å²) in [6, 6.07) is 3.95. The van der Waals surface area contributed by atoms with E-state index in [2.05, 4.69) is 0 Å². The van der Waals surface area contributed by atoms with E-state index in [0.717, 1.165) is 10.6 Å². The minimum atomic E-state index is -0.227. The van der Waals surface area contributed by atoms with Crippen LogP contribution in [0.3, 0.4) is 0 Å². The molecule has 0 radical (unpaired) electrons. The molecule has 0 aliphatic rings. The molecule has 94 valence electrons. The number of nitrogens with zero attached hydrogens (tertiary/aromatic N) is 1. The number of ketones is 1. The first-order valence-corrected chi connectivity index (χ1v) is 6.36. The number of phenolic OH excluding ortho intramolecular Hbond substituents is 2. The van der Waals surface area contributed by atoms with Gasteiger partial charge < -0.3 is 10.2 Å². The van der Waals surface area contributed by atoms with E-state index in [1.165, 1.54) is 18.2 Å². The molecule has 1 aromatic carbocycles. The lowest BCUT2D eigenvalue weighted by Gasteiger charge is -2.02. The fourth-order valence-corrected chi connectivity index (χ4v) is 2.46. The number of hydrogen-bond acceptors (Lipinski definition) is 4. The summed E-state index contributed by atoms with van der Waals surface area (Å²) >= 11 is 1.57. The number of carbonyl (C=O) groups excluding carboxylic acids is 1. The van der Waals surface area contributed by atoms with E-state index in [9.17, 15) is 15.0 Å². The molecule has 1 aromatic heterocycles. The van der Waals surface area contributed by atoms with Crippen LogP contribution in [0.2, 0.25) is 0 Å². The third-order valence-corrected chi connectivity index (χ3v) is 3.90. The smallest absolute Gasteiger partial charge is 0.231 e. The molecule has 0 atom stereocenters. The summed E-state index contributed by atoms with van der Waals surface area (Å²) in [6.45, 7) is 4.10. The first-order valence-electron chi connectivity index (χ1n) is 5.48. The number of aromatic nitrogens is 1. The number of aryl methyl sites for hydroxylation is 1. The molecule has 2 N–H and O–H groups in total. The number of carbonyl (C=O) groups is 1. The molecule has 0 bridgehead atoms. The molecule has 0 aliphatic heterocycles. The summed E-state index contributed by atoms with van der Waals surface area (Å²) in [4.78, 5) is 13.2. The molecule has 0 spiro atoms. The average Bonchev–Trinajstić information content (AvgIpc) is 2.64. The Hall–Kier alpha value is -1.88. The molecule has 5 heteroatoms. The molecule has 0 saturated heterocycles. The van der Waals surface area contributed by atoms with E-state index in [1.54, 1.807) is 11.3 Å². The zero-order chi connectivity index (χ0) is 13.3. The molecule has 2 rings (SSSR count). The van der Waals surface area contributed by atoms with Crippen molar-refractivity contribution in [3.63, 3.8) is 0 Å². The van der Waals surface area contributed by atoms with Gasteiger partial charge in [-0.25, -0.2) is 0 Å². The SMILES string of the molecule is Cc1sc[n+](CC(=O)c2cc(O)ccc2O)c1C. The van der Waals surface area contributed by atoms with Gasteiger partial charge in [-0.1, -0.05) is 11.3 Å². The highest BCUT2D eigenvalue weighted by Gasteiger charge is 2.20. The second-order valence-electron chi connectivity index (χ2n) is 4.12. The summed E-state index contributed by atoms with van der Waals surface area (Å²) in [5, 5.41) is 19.0. The number of rotatable bonds is 3. The Bertz CT molecular complexity index is 604. The van der Waals surface area contributed by atoms with Crippen LogP contribution in [0.15, 0.2) is 23.7 Å². The van der Waals surface area contributed by atoms with Crippen molar-refractivity contribution in [3.8, 4) is 11.5 Å². The Morgan fingerprint density at radius 2 is 2.06 bits per heavy atom. The Balaban J connectivity index is 2.27. The summed E-state index contributed by atoms with van der Waals surface area (Å²) in [5.41, 5.74) is 3.06. The maximum atomic E-state index is 12.1. The summed E-state index contributed by atoms with van der Waals surface area (Å²) < 4.78 is 1.84. The molecule has 0 aliphatic carbocycles. The Kier molecular flexibility index (Phi) is 3.34. The second kappa shape index (κ2) is 4.78. The zero-order valence-electron chi connectivity index (χ0n) is 10.2. The Labute approximate surface area is 109 Å².